The van der Waals surface area contributed by atoms with Crippen molar-refractivity contribution in [2.45, 2.75) is 13.0 Å². The number of carbonyl (C=O) groups excluding carboxylic acids is 2. The van der Waals surface area contributed by atoms with Gasteiger partial charge >= 0.3 is 0 Å². The van der Waals surface area contributed by atoms with Crippen molar-refractivity contribution in [3.63, 3.8) is 0 Å². The van der Waals surface area contributed by atoms with Gasteiger partial charge in [-0.2, -0.15) is 5.10 Å². The molecule has 1 aliphatic heterocycles. The van der Waals surface area contributed by atoms with Crippen LogP contribution in [0.2, 0.25) is 0 Å². The van der Waals surface area contributed by atoms with E-state index in [1.165, 1.54) is 0 Å². The zero-order chi connectivity index (χ0) is 18.4. The maximum Gasteiger partial charge on any atom is 0.245 e. The quantitative estimate of drug-likeness (QED) is 0.641. The molecule has 0 aliphatic carbocycles. The number of likely N-dealkylation sites (tertiary alicyclic amines) is 1. The molecule has 1 saturated heterocycles. The van der Waals surface area contributed by atoms with Gasteiger partial charge < -0.3 is 9.64 Å². The zero-order valence-corrected chi connectivity index (χ0v) is 14.6. The summed E-state index contributed by atoms with van der Waals surface area (Å²) in [7, 11) is 1.59. The number of amides is 2. The van der Waals surface area contributed by atoms with Crippen LogP contribution < -0.4 is 10.2 Å². The summed E-state index contributed by atoms with van der Waals surface area (Å²) in [5, 5.41) is 3.99. The monoisotopic (exact) mass is 351 g/mol. The number of benzene rings is 2. The van der Waals surface area contributed by atoms with E-state index in [-0.39, 0.29) is 24.2 Å². The molecule has 6 heteroatoms. The minimum atomic E-state index is -0.381. The molecule has 1 N–H and O–H groups in total. The fraction of sp³-hybridized carbons (Fsp3) is 0.250. The minimum Gasteiger partial charge on any atom is -0.497 e. The molecule has 1 fully saturated rings. The molecule has 1 aliphatic rings. The fourth-order valence-electron chi connectivity index (χ4n) is 2.89. The summed E-state index contributed by atoms with van der Waals surface area (Å²) in [6, 6.07) is 17.1. The summed E-state index contributed by atoms with van der Waals surface area (Å²) >= 11 is 0. The van der Waals surface area contributed by atoms with Gasteiger partial charge in [0.1, 0.15) is 5.75 Å². The van der Waals surface area contributed by atoms with Crippen LogP contribution in [0, 0.1) is 5.92 Å². The molecule has 3 rings (SSSR count). The largest absolute Gasteiger partial charge is 0.497 e. The molecule has 134 valence electrons. The Morgan fingerprint density at radius 1 is 1.27 bits per heavy atom. The van der Waals surface area contributed by atoms with Crippen LogP contribution in [0.5, 0.6) is 5.75 Å². The average Bonchev–Trinajstić information content (AvgIpc) is 3.03. The van der Waals surface area contributed by atoms with Crippen LogP contribution in [0.4, 0.5) is 0 Å². The first-order valence-electron chi connectivity index (χ1n) is 8.44. The highest BCUT2D eigenvalue weighted by Gasteiger charge is 2.34. The molecule has 0 aromatic heterocycles. The Morgan fingerprint density at radius 2 is 2.08 bits per heavy atom. The Morgan fingerprint density at radius 3 is 2.85 bits per heavy atom. The van der Waals surface area contributed by atoms with Crippen LogP contribution in [-0.2, 0) is 16.1 Å². The fourth-order valence-corrected chi connectivity index (χ4v) is 2.89. The average molecular weight is 351 g/mol. The standard InChI is InChI=1S/C20H21N3O3/c1-26-18-9-5-8-16(10-18)12-21-22-20(25)17-11-19(24)23(14-17)13-15-6-3-2-4-7-15/h2-10,12,17H,11,13-14H2,1H3,(H,22,25)/b21-12+. The predicted molar refractivity (Wildman–Crippen MR) is 98.7 cm³/mol. The van der Waals surface area contributed by atoms with E-state index in [9.17, 15) is 9.59 Å². The molecule has 1 unspecified atom stereocenters. The maximum absolute atomic E-state index is 12.3. The van der Waals surface area contributed by atoms with E-state index in [2.05, 4.69) is 10.5 Å². The Bertz CT molecular complexity index is 805. The molecular weight excluding hydrogens is 330 g/mol. The first kappa shape index (κ1) is 17.7. The Balaban J connectivity index is 1.53. The van der Waals surface area contributed by atoms with E-state index in [0.29, 0.717) is 13.1 Å². The van der Waals surface area contributed by atoms with Gasteiger partial charge in [0, 0.05) is 19.5 Å². The molecule has 26 heavy (non-hydrogen) atoms. The number of hydrazone groups is 1. The van der Waals surface area contributed by atoms with Gasteiger partial charge in [0.25, 0.3) is 0 Å². The highest BCUT2D eigenvalue weighted by molar-refractivity contribution is 5.90. The summed E-state index contributed by atoms with van der Waals surface area (Å²) in [6.07, 6.45) is 1.77. The molecule has 0 radical (unpaired) electrons. The first-order valence-corrected chi connectivity index (χ1v) is 8.44. The van der Waals surface area contributed by atoms with E-state index in [0.717, 1.165) is 16.9 Å². The lowest BCUT2D eigenvalue weighted by molar-refractivity contribution is -0.129. The Kier molecular flexibility index (Phi) is 5.63. The molecule has 6 nitrogen and oxygen atoms in total. The molecule has 0 spiro atoms. The van der Waals surface area contributed by atoms with Gasteiger partial charge in [0.15, 0.2) is 0 Å². The number of nitrogens with zero attached hydrogens (tertiary/aromatic N) is 2. The van der Waals surface area contributed by atoms with Gasteiger partial charge in [0.2, 0.25) is 11.8 Å². The lowest BCUT2D eigenvalue weighted by Crippen LogP contribution is -2.30. The van der Waals surface area contributed by atoms with E-state index in [4.69, 9.17) is 4.74 Å². The summed E-state index contributed by atoms with van der Waals surface area (Å²) in [6.45, 7) is 0.935. The summed E-state index contributed by atoms with van der Waals surface area (Å²) in [5.74, 6) is 0.0886. The topological polar surface area (TPSA) is 71.0 Å². The van der Waals surface area contributed by atoms with Crippen molar-refractivity contribution < 1.29 is 14.3 Å². The smallest absolute Gasteiger partial charge is 0.245 e. The second-order valence-electron chi connectivity index (χ2n) is 6.17. The van der Waals surface area contributed by atoms with Gasteiger partial charge in [-0.3, -0.25) is 9.59 Å². The SMILES string of the molecule is COc1cccc(/C=N/NC(=O)C2CC(=O)N(Cc3ccccc3)C2)c1. The highest BCUT2D eigenvalue weighted by atomic mass is 16.5. The third kappa shape index (κ3) is 4.47. The van der Waals surface area contributed by atoms with Crippen LogP contribution in [0.1, 0.15) is 17.5 Å². The van der Waals surface area contributed by atoms with Crippen LogP contribution in [0.3, 0.4) is 0 Å². The number of rotatable bonds is 6. The van der Waals surface area contributed by atoms with Gasteiger partial charge in [-0.1, -0.05) is 42.5 Å². The van der Waals surface area contributed by atoms with E-state index >= 15 is 0 Å². The number of hydrogen-bond donors (Lipinski definition) is 1. The van der Waals surface area contributed by atoms with Crippen molar-refractivity contribution in [2.24, 2.45) is 11.0 Å². The molecule has 2 amide bonds. The summed E-state index contributed by atoms with van der Waals surface area (Å²) in [4.78, 5) is 26.1. The van der Waals surface area contributed by atoms with Gasteiger partial charge in [0.05, 0.1) is 19.2 Å². The molecule has 0 saturated carbocycles. The van der Waals surface area contributed by atoms with Crippen molar-refractivity contribution >= 4 is 18.0 Å². The molecule has 2 aromatic carbocycles. The van der Waals surface area contributed by atoms with Gasteiger partial charge in [-0.15, -0.1) is 0 Å². The number of carbonyl (C=O) groups is 2. The molecule has 0 bridgehead atoms. The Hall–Kier alpha value is -3.15. The van der Waals surface area contributed by atoms with Crippen molar-refractivity contribution in [3.8, 4) is 5.75 Å². The predicted octanol–water partition coefficient (Wildman–Crippen LogP) is 2.19. The van der Waals surface area contributed by atoms with Crippen LogP contribution >= 0.6 is 0 Å². The number of ether oxygens (including phenoxy) is 1. The molecular formula is C20H21N3O3. The highest BCUT2D eigenvalue weighted by Crippen LogP contribution is 2.20. The second-order valence-corrected chi connectivity index (χ2v) is 6.17. The second kappa shape index (κ2) is 8.29. The summed E-state index contributed by atoms with van der Waals surface area (Å²) < 4.78 is 5.14. The molecule has 2 aromatic rings. The lowest BCUT2D eigenvalue weighted by Gasteiger charge is -2.16. The lowest BCUT2D eigenvalue weighted by atomic mass is 10.1. The van der Waals surface area contributed by atoms with E-state index in [1.54, 1.807) is 18.2 Å². The minimum absolute atomic E-state index is 0.00854. The van der Waals surface area contributed by atoms with Crippen molar-refractivity contribution in [1.29, 1.82) is 0 Å². The van der Waals surface area contributed by atoms with Crippen LogP contribution in [0.15, 0.2) is 59.7 Å². The Labute approximate surface area is 152 Å². The van der Waals surface area contributed by atoms with Gasteiger partial charge in [-0.25, -0.2) is 5.43 Å². The zero-order valence-electron chi connectivity index (χ0n) is 14.6. The van der Waals surface area contributed by atoms with E-state index in [1.807, 2.05) is 54.6 Å². The number of nitrogens with one attached hydrogen (secondary N) is 1. The third-order valence-corrected chi connectivity index (χ3v) is 4.28. The van der Waals surface area contributed by atoms with Crippen LogP contribution in [-0.4, -0.2) is 36.6 Å². The van der Waals surface area contributed by atoms with Gasteiger partial charge in [-0.05, 0) is 23.3 Å². The first-order chi connectivity index (χ1) is 12.7. The molecule has 1 heterocycles. The van der Waals surface area contributed by atoms with Crippen molar-refractivity contribution in [2.75, 3.05) is 13.7 Å². The third-order valence-electron chi connectivity index (χ3n) is 4.28. The van der Waals surface area contributed by atoms with Crippen molar-refractivity contribution in [3.05, 3.63) is 65.7 Å². The maximum atomic E-state index is 12.3. The molecule has 1 atom stereocenters. The number of methoxy groups -OCH3 is 1. The number of hydrogen-bond acceptors (Lipinski definition) is 4. The van der Waals surface area contributed by atoms with Crippen LogP contribution in [0.25, 0.3) is 0 Å². The van der Waals surface area contributed by atoms with E-state index < -0.39 is 0 Å². The normalized spacial score (nSPS) is 16.9. The van der Waals surface area contributed by atoms with Crippen molar-refractivity contribution in [1.82, 2.24) is 10.3 Å². The summed E-state index contributed by atoms with van der Waals surface area (Å²) in [5.41, 5.74) is 4.40.